The monoisotopic (exact) mass is 190 g/mol. The summed E-state index contributed by atoms with van der Waals surface area (Å²) in [7, 11) is -2.89. The molecule has 0 saturated heterocycles. The maximum absolute atomic E-state index is 10.7. The van der Waals surface area contributed by atoms with Crippen molar-refractivity contribution in [2.45, 2.75) is 12.8 Å². The van der Waals surface area contributed by atoms with E-state index in [1.54, 1.807) is 0 Å². The van der Waals surface area contributed by atoms with Crippen LogP contribution in [-0.2, 0) is 9.84 Å². The summed E-state index contributed by atoms with van der Waals surface area (Å²) in [5, 5.41) is 0. The first kappa shape index (κ1) is 9.51. The lowest BCUT2D eigenvalue weighted by molar-refractivity contribution is 0.601. The molecular weight excluding hydrogens is 176 g/mol. The standard InChI is InChI=1S/C7H14N2O2S/c1-12(10,11)5-4-9-7(8)6-2-3-6/h6H,2-5H2,1H3,(H2,8,9). The summed E-state index contributed by atoms with van der Waals surface area (Å²) in [6.07, 6.45) is 3.41. The van der Waals surface area contributed by atoms with E-state index >= 15 is 0 Å². The Morgan fingerprint density at radius 1 is 1.58 bits per heavy atom. The molecular formula is C7H14N2O2S. The summed E-state index contributed by atoms with van der Waals surface area (Å²) in [5.41, 5.74) is 5.56. The van der Waals surface area contributed by atoms with Crippen molar-refractivity contribution in [1.29, 1.82) is 0 Å². The third kappa shape index (κ3) is 3.71. The number of nitrogens with zero attached hydrogens (tertiary/aromatic N) is 1. The topological polar surface area (TPSA) is 72.5 Å². The fraction of sp³-hybridized carbons (Fsp3) is 0.857. The SMILES string of the molecule is CS(=O)(=O)CCN=C(N)C1CC1. The Kier molecular flexibility index (Phi) is 2.72. The van der Waals surface area contributed by atoms with Gasteiger partial charge in [-0.3, -0.25) is 4.99 Å². The van der Waals surface area contributed by atoms with E-state index < -0.39 is 9.84 Å². The van der Waals surface area contributed by atoms with Crippen LogP contribution in [0.3, 0.4) is 0 Å². The molecule has 70 valence electrons. The molecule has 0 aromatic carbocycles. The number of amidine groups is 1. The lowest BCUT2D eigenvalue weighted by Crippen LogP contribution is -2.16. The molecule has 0 amide bonds. The third-order valence-corrected chi connectivity index (χ3v) is 2.68. The van der Waals surface area contributed by atoms with Crippen LogP contribution in [0.2, 0.25) is 0 Å². The number of hydrogen-bond acceptors (Lipinski definition) is 3. The molecule has 0 aliphatic heterocycles. The third-order valence-electron chi connectivity index (χ3n) is 1.75. The van der Waals surface area contributed by atoms with Crippen LogP contribution in [0.15, 0.2) is 4.99 Å². The number of hydrogen-bond donors (Lipinski definition) is 1. The first-order chi connectivity index (χ1) is 5.49. The molecule has 0 aromatic rings. The van der Waals surface area contributed by atoms with Crippen molar-refractivity contribution < 1.29 is 8.42 Å². The van der Waals surface area contributed by atoms with Gasteiger partial charge < -0.3 is 5.73 Å². The number of rotatable bonds is 4. The Morgan fingerprint density at radius 2 is 2.17 bits per heavy atom. The van der Waals surface area contributed by atoms with E-state index in [-0.39, 0.29) is 5.75 Å². The minimum absolute atomic E-state index is 0.0976. The quantitative estimate of drug-likeness (QED) is 0.493. The highest BCUT2D eigenvalue weighted by molar-refractivity contribution is 7.90. The van der Waals surface area contributed by atoms with Crippen molar-refractivity contribution >= 4 is 15.7 Å². The van der Waals surface area contributed by atoms with Crippen molar-refractivity contribution in [2.24, 2.45) is 16.6 Å². The van der Waals surface area contributed by atoms with Gasteiger partial charge in [-0.2, -0.15) is 0 Å². The van der Waals surface area contributed by atoms with E-state index in [0.717, 1.165) is 12.8 Å². The highest BCUT2D eigenvalue weighted by Crippen LogP contribution is 2.28. The van der Waals surface area contributed by atoms with Crippen molar-refractivity contribution in [2.75, 3.05) is 18.6 Å². The molecule has 0 aromatic heterocycles. The molecule has 4 nitrogen and oxygen atoms in total. The van der Waals surface area contributed by atoms with Crippen molar-refractivity contribution in [3.8, 4) is 0 Å². The van der Waals surface area contributed by atoms with Gasteiger partial charge in [-0.25, -0.2) is 8.42 Å². The highest BCUT2D eigenvalue weighted by Gasteiger charge is 2.25. The van der Waals surface area contributed by atoms with Gasteiger partial charge in [-0.15, -0.1) is 0 Å². The molecule has 12 heavy (non-hydrogen) atoms. The predicted octanol–water partition coefficient (Wildman–Crippen LogP) is -0.202. The van der Waals surface area contributed by atoms with Gasteiger partial charge in [0.15, 0.2) is 0 Å². The molecule has 5 heteroatoms. The summed E-state index contributed by atoms with van der Waals surface area (Å²) >= 11 is 0. The lowest BCUT2D eigenvalue weighted by atomic mass is 10.4. The van der Waals surface area contributed by atoms with E-state index in [1.165, 1.54) is 6.26 Å². The highest BCUT2D eigenvalue weighted by atomic mass is 32.2. The summed E-state index contributed by atoms with van der Waals surface area (Å²) in [6.45, 7) is 0.307. The first-order valence-electron chi connectivity index (χ1n) is 3.96. The van der Waals surface area contributed by atoms with Gasteiger partial charge >= 0.3 is 0 Å². The molecule has 1 rings (SSSR count). The van der Waals surface area contributed by atoms with Crippen LogP contribution in [0.4, 0.5) is 0 Å². The first-order valence-corrected chi connectivity index (χ1v) is 6.02. The van der Waals surface area contributed by atoms with Gasteiger partial charge in [-0.1, -0.05) is 0 Å². The van der Waals surface area contributed by atoms with Crippen LogP contribution in [0.1, 0.15) is 12.8 Å². The average molecular weight is 190 g/mol. The van der Waals surface area contributed by atoms with E-state index in [0.29, 0.717) is 18.3 Å². The zero-order chi connectivity index (χ0) is 9.19. The van der Waals surface area contributed by atoms with E-state index in [9.17, 15) is 8.42 Å². The number of nitrogens with two attached hydrogens (primary N) is 1. The van der Waals surface area contributed by atoms with E-state index in [1.807, 2.05) is 0 Å². The van der Waals surface area contributed by atoms with E-state index in [2.05, 4.69) is 4.99 Å². The summed E-state index contributed by atoms with van der Waals surface area (Å²) < 4.78 is 21.4. The van der Waals surface area contributed by atoms with Crippen LogP contribution in [0.25, 0.3) is 0 Å². The van der Waals surface area contributed by atoms with Gasteiger partial charge in [-0.05, 0) is 12.8 Å². The van der Waals surface area contributed by atoms with Gasteiger partial charge in [0, 0.05) is 12.2 Å². The summed E-state index contributed by atoms with van der Waals surface area (Å²) in [6, 6.07) is 0. The second-order valence-electron chi connectivity index (χ2n) is 3.21. The smallest absolute Gasteiger partial charge is 0.149 e. The van der Waals surface area contributed by atoms with E-state index in [4.69, 9.17) is 5.73 Å². The van der Waals surface area contributed by atoms with Gasteiger partial charge in [0.05, 0.1) is 18.1 Å². The number of aliphatic imine (C=N–C) groups is 1. The molecule has 1 aliphatic carbocycles. The van der Waals surface area contributed by atoms with Crippen molar-refractivity contribution in [1.82, 2.24) is 0 Å². The fourth-order valence-electron chi connectivity index (χ4n) is 0.849. The molecule has 1 aliphatic rings. The molecule has 0 radical (unpaired) electrons. The molecule has 0 spiro atoms. The Bertz CT molecular complexity index is 278. The van der Waals surface area contributed by atoms with Gasteiger partial charge in [0.1, 0.15) is 9.84 Å². The average Bonchev–Trinajstić information content (AvgIpc) is 2.64. The second-order valence-corrected chi connectivity index (χ2v) is 5.47. The normalized spacial score (nSPS) is 19.6. The molecule has 0 unspecified atom stereocenters. The Morgan fingerprint density at radius 3 is 2.58 bits per heavy atom. The Hall–Kier alpha value is -0.580. The lowest BCUT2D eigenvalue weighted by Gasteiger charge is -1.96. The zero-order valence-electron chi connectivity index (χ0n) is 7.16. The van der Waals surface area contributed by atoms with Crippen molar-refractivity contribution in [3.05, 3.63) is 0 Å². The van der Waals surface area contributed by atoms with Crippen LogP contribution < -0.4 is 5.73 Å². The Labute approximate surface area is 72.8 Å². The Balaban J connectivity index is 2.29. The van der Waals surface area contributed by atoms with Gasteiger partial charge in [0.2, 0.25) is 0 Å². The molecule has 1 fully saturated rings. The summed E-state index contributed by atoms with van der Waals surface area (Å²) in [4.78, 5) is 3.99. The molecule has 0 heterocycles. The predicted molar refractivity (Wildman–Crippen MR) is 48.9 cm³/mol. The zero-order valence-corrected chi connectivity index (χ0v) is 7.97. The van der Waals surface area contributed by atoms with Crippen LogP contribution >= 0.6 is 0 Å². The maximum atomic E-state index is 10.7. The van der Waals surface area contributed by atoms with Crippen molar-refractivity contribution in [3.63, 3.8) is 0 Å². The second kappa shape index (κ2) is 3.43. The van der Waals surface area contributed by atoms with Crippen LogP contribution in [0, 0.1) is 5.92 Å². The van der Waals surface area contributed by atoms with Gasteiger partial charge in [0.25, 0.3) is 0 Å². The largest absolute Gasteiger partial charge is 0.387 e. The maximum Gasteiger partial charge on any atom is 0.149 e. The molecule has 0 atom stereocenters. The fourth-order valence-corrected chi connectivity index (χ4v) is 1.27. The number of sulfone groups is 1. The van der Waals surface area contributed by atoms with Crippen LogP contribution in [0.5, 0.6) is 0 Å². The molecule has 0 bridgehead atoms. The minimum atomic E-state index is -2.89. The molecule has 1 saturated carbocycles. The van der Waals surface area contributed by atoms with Crippen LogP contribution in [-0.4, -0.2) is 32.8 Å². The minimum Gasteiger partial charge on any atom is -0.387 e. The summed E-state index contributed by atoms with van der Waals surface area (Å²) in [5.74, 6) is 1.16. The molecule has 2 N–H and O–H groups in total.